The quantitative estimate of drug-likeness (QED) is 0.574. The van der Waals surface area contributed by atoms with Crippen LogP contribution in [0.3, 0.4) is 0 Å². The third-order valence-electron chi connectivity index (χ3n) is 4.22. The van der Waals surface area contributed by atoms with E-state index in [9.17, 15) is 4.79 Å². The molecule has 3 N–H and O–H groups in total. The van der Waals surface area contributed by atoms with Gasteiger partial charge in [0.25, 0.3) is 0 Å². The molecule has 3 rings (SSSR count). The van der Waals surface area contributed by atoms with E-state index >= 15 is 0 Å². The van der Waals surface area contributed by atoms with Gasteiger partial charge in [-0.2, -0.15) is 4.98 Å². The molecule has 0 unspecified atom stereocenters. The van der Waals surface area contributed by atoms with Crippen LogP contribution in [0.4, 0.5) is 28.8 Å². The van der Waals surface area contributed by atoms with Gasteiger partial charge >= 0.3 is 0 Å². The van der Waals surface area contributed by atoms with Crippen LogP contribution in [0.15, 0.2) is 42.5 Å². The summed E-state index contributed by atoms with van der Waals surface area (Å²) >= 11 is 0. The van der Waals surface area contributed by atoms with Gasteiger partial charge in [0.15, 0.2) is 0 Å². The Hall–Kier alpha value is -3.41. The van der Waals surface area contributed by atoms with E-state index in [2.05, 4.69) is 58.8 Å². The summed E-state index contributed by atoms with van der Waals surface area (Å²) < 4.78 is 0. The molecule has 6 heteroatoms. The van der Waals surface area contributed by atoms with Gasteiger partial charge in [0.1, 0.15) is 5.82 Å². The van der Waals surface area contributed by atoms with Gasteiger partial charge in [-0.05, 0) is 57.0 Å². The summed E-state index contributed by atoms with van der Waals surface area (Å²) in [6.07, 6.45) is 0. The van der Waals surface area contributed by atoms with E-state index in [1.807, 2.05) is 37.3 Å². The number of anilines is 5. The molecule has 0 saturated carbocycles. The highest BCUT2D eigenvalue weighted by Gasteiger charge is 2.08. The minimum atomic E-state index is -0.112. The summed E-state index contributed by atoms with van der Waals surface area (Å²) in [5.74, 6) is 1.10. The number of rotatable bonds is 5. The number of benzene rings is 2. The van der Waals surface area contributed by atoms with E-state index in [0.717, 1.165) is 28.6 Å². The molecule has 0 aliphatic carbocycles. The summed E-state index contributed by atoms with van der Waals surface area (Å²) in [7, 11) is 0. The number of hydrogen-bond acceptors (Lipinski definition) is 5. The maximum atomic E-state index is 11.3. The summed E-state index contributed by atoms with van der Waals surface area (Å²) in [5, 5.41) is 9.40. The molecular formula is C22H25N5O. The molecule has 3 aromatic rings. The number of amides is 1. The number of nitrogens with zero attached hydrogens (tertiary/aromatic N) is 2. The number of hydrogen-bond donors (Lipinski definition) is 3. The second-order valence-corrected chi connectivity index (χ2v) is 7.00. The molecule has 6 nitrogen and oxygen atoms in total. The van der Waals surface area contributed by atoms with Gasteiger partial charge in [-0.15, -0.1) is 0 Å². The zero-order valence-electron chi connectivity index (χ0n) is 16.8. The Morgan fingerprint density at radius 1 is 0.857 bits per heavy atom. The zero-order chi connectivity index (χ0) is 20.3. The van der Waals surface area contributed by atoms with Crippen molar-refractivity contribution in [1.29, 1.82) is 0 Å². The van der Waals surface area contributed by atoms with Crippen LogP contribution < -0.4 is 16.0 Å². The van der Waals surface area contributed by atoms with Crippen LogP contribution in [0.25, 0.3) is 0 Å². The number of aromatic nitrogens is 2. The van der Waals surface area contributed by atoms with Crippen molar-refractivity contribution in [2.24, 2.45) is 0 Å². The Morgan fingerprint density at radius 2 is 1.54 bits per heavy atom. The van der Waals surface area contributed by atoms with Crippen molar-refractivity contribution in [2.75, 3.05) is 16.0 Å². The monoisotopic (exact) mass is 375 g/mol. The van der Waals surface area contributed by atoms with Gasteiger partial charge in [-0.1, -0.05) is 23.8 Å². The first-order valence-corrected chi connectivity index (χ1v) is 9.15. The largest absolute Gasteiger partial charge is 0.340 e. The van der Waals surface area contributed by atoms with E-state index in [-0.39, 0.29) is 5.91 Å². The SMILES string of the molecule is CC(=O)Nc1cccc(Nc2nc(C)cc(Nc3c(C)cc(C)cc3C)n2)c1. The van der Waals surface area contributed by atoms with E-state index in [1.165, 1.54) is 23.6 Å². The Balaban J connectivity index is 1.85. The Bertz CT molecular complexity index is 1010. The normalized spacial score (nSPS) is 10.5. The Morgan fingerprint density at radius 3 is 2.21 bits per heavy atom. The topological polar surface area (TPSA) is 78.9 Å². The predicted octanol–water partition coefficient (Wildman–Crippen LogP) is 5.16. The summed E-state index contributed by atoms with van der Waals surface area (Å²) in [6.45, 7) is 9.68. The lowest BCUT2D eigenvalue weighted by Crippen LogP contribution is -2.06. The van der Waals surface area contributed by atoms with Crippen molar-refractivity contribution >= 4 is 34.7 Å². The van der Waals surface area contributed by atoms with E-state index in [1.54, 1.807) is 0 Å². The predicted molar refractivity (Wildman–Crippen MR) is 115 cm³/mol. The molecule has 1 amide bonds. The first-order valence-electron chi connectivity index (χ1n) is 9.15. The van der Waals surface area contributed by atoms with Gasteiger partial charge in [-0.25, -0.2) is 4.98 Å². The minimum Gasteiger partial charge on any atom is -0.340 e. The number of carbonyl (C=O) groups excluding carboxylic acids is 1. The van der Waals surface area contributed by atoms with Crippen molar-refractivity contribution in [3.8, 4) is 0 Å². The first-order chi connectivity index (χ1) is 13.3. The van der Waals surface area contributed by atoms with Gasteiger partial charge < -0.3 is 16.0 Å². The molecule has 0 spiro atoms. The fraction of sp³-hybridized carbons (Fsp3) is 0.227. The van der Waals surface area contributed by atoms with E-state index in [4.69, 9.17) is 0 Å². The Kier molecular flexibility index (Phi) is 5.59. The van der Waals surface area contributed by atoms with E-state index in [0.29, 0.717) is 5.95 Å². The van der Waals surface area contributed by atoms with Crippen molar-refractivity contribution in [3.05, 3.63) is 64.8 Å². The van der Waals surface area contributed by atoms with Crippen molar-refractivity contribution in [1.82, 2.24) is 9.97 Å². The maximum absolute atomic E-state index is 11.3. The van der Waals surface area contributed by atoms with Crippen molar-refractivity contribution in [2.45, 2.75) is 34.6 Å². The smallest absolute Gasteiger partial charge is 0.229 e. The number of nitrogens with one attached hydrogen (secondary N) is 3. The molecule has 0 fully saturated rings. The van der Waals surface area contributed by atoms with Crippen LogP contribution in [-0.2, 0) is 4.79 Å². The number of aryl methyl sites for hydroxylation is 4. The molecule has 0 bridgehead atoms. The van der Waals surface area contributed by atoms with Gasteiger partial charge in [0.2, 0.25) is 11.9 Å². The standard InChI is InChI=1S/C22H25N5O/c1-13-9-14(2)21(15(3)10-13)26-20-11-16(4)23-22(27-20)25-19-8-6-7-18(12-19)24-17(5)28/h6-12H,1-5H3,(H,24,28)(H2,23,25,26,27). The third kappa shape index (κ3) is 4.85. The molecule has 0 aliphatic rings. The van der Waals surface area contributed by atoms with Crippen molar-refractivity contribution in [3.63, 3.8) is 0 Å². The van der Waals surface area contributed by atoms with Crippen LogP contribution in [0.1, 0.15) is 29.3 Å². The molecule has 0 aliphatic heterocycles. The highest BCUT2D eigenvalue weighted by atomic mass is 16.1. The summed E-state index contributed by atoms with van der Waals surface area (Å²) in [4.78, 5) is 20.3. The van der Waals surface area contributed by atoms with Crippen LogP contribution in [0.5, 0.6) is 0 Å². The summed E-state index contributed by atoms with van der Waals surface area (Å²) in [5.41, 5.74) is 7.00. The second kappa shape index (κ2) is 8.08. The molecule has 1 aromatic heterocycles. The lowest BCUT2D eigenvalue weighted by molar-refractivity contribution is -0.114. The summed E-state index contributed by atoms with van der Waals surface area (Å²) in [6, 6.07) is 13.7. The molecular weight excluding hydrogens is 350 g/mol. The lowest BCUT2D eigenvalue weighted by Gasteiger charge is -2.15. The Labute approximate surface area is 165 Å². The van der Waals surface area contributed by atoms with Crippen LogP contribution >= 0.6 is 0 Å². The average molecular weight is 375 g/mol. The number of carbonyl (C=O) groups is 1. The van der Waals surface area contributed by atoms with E-state index < -0.39 is 0 Å². The molecule has 1 heterocycles. The fourth-order valence-corrected chi connectivity index (χ4v) is 3.20. The van der Waals surface area contributed by atoms with Crippen LogP contribution in [0, 0.1) is 27.7 Å². The zero-order valence-corrected chi connectivity index (χ0v) is 16.8. The fourth-order valence-electron chi connectivity index (χ4n) is 3.20. The molecule has 0 atom stereocenters. The van der Waals surface area contributed by atoms with Gasteiger partial charge in [-0.3, -0.25) is 4.79 Å². The molecule has 144 valence electrons. The molecule has 0 radical (unpaired) electrons. The van der Waals surface area contributed by atoms with Gasteiger partial charge in [0, 0.05) is 35.7 Å². The highest BCUT2D eigenvalue weighted by Crippen LogP contribution is 2.26. The first kappa shape index (κ1) is 19.4. The maximum Gasteiger partial charge on any atom is 0.229 e. The lowest BCUT2D eigenvalue weighted by atomic mass is 10.1. The van der Waals surface area contributed by atoms with Crippen LogP contribution in [0.2, 0.25) is 0 Å². The third-order valence-corrected chi connectivity index (χ3v) is 4.22. The van der Waals surface area contributed by atoms with Gasteiger partial charge in [0.05, 0.1) is 0 Å². The van der Waals surface area contributed by atoms with Crippen molar-refractivity contribution < 1.29 is 4.79 Å². The average Bonchev–Trinajstić information content (AvgIpc) is 2.57. The second-order valence-electron chi connectivity index (χ2n) is 7.00. The molecule has 2 aromatic carbocycles. The van der Waals surface area contributed by atoms with Crippen LogP contribution in [-0.4, -0.2) is 15.9 Å². The molecule has 28 heavy (non-hydrogen) atoms. The minimum absolute atomic E-state index is 0.112. The highest BCUT2D eigenvalue weighted by molar-refractivity contribution is 5.89. The molecule has 0 saturated heterocycles.